The Labute approximate surface area is 160 Å². The van der Waals surface area contributed by atoms with E-state index in [9.17, 15) is 30.3 Å². The minimum atomic E-state index is -1.08. The lowest BCUT2D eigenvalue weighted by Gasteiger charge is -2.29. The fourth-order valence-electron chi connectivity index (χ4n) is 1.89. The molecule has 0 aromatic carbocycles. The van der Waals surface area contributed by atoms with Gasteiger partial charge in [-0.1, -0.05) is 6.58 Å². The Morgan fingerprint density at radius 3 is 1.56 bits per heavy atom. The van der Waals surface area contributed by atoms with Gasteiger partial charge in [-0.2, -0.15) is 0 Å². The molecule has 0 heterocycles. The first-order valence-electron chi connectivity index (χ1n) is 8.86. The van der Waals surface area contributed by atoms with Crippen LogP contribution in [0.1, 0.15) is 19.8 Å². The number of unbranched alkanes of at least 4 members (excludes halogenated alkanes) is 1. The van der Waals surface area contributed by atoms with Crippen LogP contribution in [0.3, 0.4) is 0 Å². The van der Waals surface area contributed by atoms with Crippen molar-refractivity contribution in [1.29, 1.82) is 0 Å². The monoisotopic (exact) mass is 394 g/mol. The number of ether oxygens (including phenoxy) is 3. The largest absolute Gasteiger partial charge is 0.461 e. The minimum absolute atomic E-state index is 0.0208. The van der Waals surface area contributed by atoms with Gasteiger partial charge in [0, 0.05) is 18.8 Å². The van der Waals surface area contributed by atoms with Crippen LogP contribution in [0.25, 0.3) is 0 Å². The standard InChI is InChI=1S/C18H34O9/c1-15(2)16(24)27-14-18(10-22,11-23)13-26-6-4-3-5-25-12-17(7-19,8-20)9-21/h19-23H,1,3-14H2,2H3. The molecule has 27 heavy (non-hydrogen) atoms. The highest BCUT2D eigenvalue weighted by Gasteiger charge is 2.31. The molecule has 9 heteroatoms. The molecule has 0 saturated carbocycles. The highest BCUT2D eigenvalue weighted by molar-refractivity contribution is 5.86. The Kier molecular flexibility index (Phi) is 13.4. The summed E-state index contributed by atoms with van der Waals surface area (Å²) in [7, 11) is 0. The van der Waals surface area contributed by atoms with Gasteiger partial charge in [0.25, 0.3) is 0 Å². The molecule has 0 amide bonds. The van der Waals surface area contributed by atoms with Crippen LogP contribution < -0.4 is 0 Å². The third-order valence-corrected chi connectivity index (χ3v) is 4.18. The number of carbonyl (C=O) groups is 1. The van der Waals surface area contributed by atoms with Crippen LogP contribution in [0, 0.1) is 10.8 Å². The number of hydrogen-bond donors (Lipinski definition) is 5. The summed E-state index contributed by atoms with van der Waals surface area (Å²) in [4.78, 5) is 11.4. The fraction of sp³-hybridized carbons (Fsp3) is 0.833. The third kappa shape index (κ3) is 9.61. The number of carbonyl (C=O) groups excluding carboxylic acids is 1. The van der Waals surface area contributed by atoms with E-state index < -0.39 is 30.0 Å². The Morgan fingerprint density at radius 2 is 1.19 bits per heavy atom. The van der Waals surface area contributed by atoms with Crippen LogP contribution in [0.4, 0.5) is 0 Å². The Hall–Kier alpha value is -1.07. The SMILES string of the molecule is C=C(C)C(=O)OCC(CO)(CO)COCCCCOCC(CO)(CO)CO. The fourth-order valence-corrected chi connectivity index (χ4v) is 1.89. The van der Waals surface area contributed by atoms with Gasteiger partial charge in [-0.15, -0.1) is 0 Å². The molecule has 0 spiro atoms. The molecule has 0 aromatic heterocycles. The zero-order chi connectivity index (χ0) is 20.8. The van der Waals surface area contributed by atoms with E-state index in [1.807, 2.05) is 0 Å². The van der Waals surface area contributed by atoms with Crippen molar-refractivity contribution in [2.24, 2.45) is 10.8 Å². The molecule has 0 radical (unpaired) electrons. The van der Waals surface area contributed by atoms with Gasteiger partial charge in [-0.05, 0) is 19.8 Å². The summed E-state index contributed by atoms with van der Waals surface area (Å²) in [5.41, 5.74) is -1.89. The summed E-state index contributed by atoms with van der Waals surface area (Å²) in [6.07, 6.45) is 1.29. The van der Waals surface area contributed by atoms with Crippen LogP contribution in [0.5, 0.6) is 0 Å². The van der Waals surface area contributed by atoms with Gasteiger partial charge in [-0.25, -0.2) is 4.79 Å². The molecular formula is C18H34O9. The lowest BCUT2D eigenvalue weighted by Crippen LogP contribution is -2.40. The first-order chi connectivity index (χ1) is 12.8. The molecule has 0 aromatic rings. The van der Waals surface area contributed by atoms with Gasteiger partial charge in [0.15, 0.2) is 0 Å². The highest BCUT2D eigenvalue weighted by atomic mass is 16.5. The second kappa shape index (κ2) is 14.0. The molecule has 0 bridgehead atoms. The van der Waals surface area contributed by atoms with Gasteiger partial charge in [0.2, 0.25) is 0 Å². The molecule has 160 valence electrons. The molecule has 0 aliphatic carbocycles. The smallest absolute Gasteiger partial charge is 0.333 e. The lowest BCUT2D eigenvalue weighted by atomic mass is 9.92. The molecule has 0 unspecified atom stereocenters. The Bertz CT molecular complexity index is 409. The van der Waals surface area contributed by atoms with Crippen molar-refractivity contribution in [2.45, 2.75) is 19.8 Å². The third-order valence-electron chi connectivity index (χ3n) is 4.18. The molecule has 5 N–H and O–H groups in total. The van der Waals surface area contributed by atoms with Gasteiger partial charge in [0.1, 0.15) is 6.61 Å². The van der Waals surface area contributed by atoms with Crippen molar-refractivity contribution < 1.29 is 44.5 Å². The molecule has 0 aliphatic heterocycles. The van der Waals surface area contributed by atoms with Crippen LogP contribution in [0.2, 0.25) is 0 Å². The van der Waals surface area contributed by atoms with E-state index in [1.54, 1.807) is 0 Å². The van der Waals surface area contributed by atoms with E-state index in [-0.39, 0.29) is 45.2 Å². The molecule has 0 rings (SSSR count). The quantitative estimate of drug-likeness (QED) is 0.117. The van der Waals surface area contributed by atoms with E-state index in [0.717, 1.165) is 0 Å². The maximum atomic E-state index is 11.4. The van der Waals surface area contributed by atoms with Crippen LogP contribution >= 0.6 is 0 Å². The van der Waals surface area contributed by atoms with Crippen molar-refractivity contribution in [3.63, 3.8) is 0 Å². The average Bonchev–Trinajstić information content (AvgIpc) is 2.69. The molecule has 0 fully saturated rings. The Morgan fingerprint density at radius 1 is 0.778 bits per heavy atom. The van der Waals surface area contributed by atoms with E-state index in [2.05, 4.69) is 6.58 Å². The van der Waals surface area contributed by atoms with Gasteiger partial charge < -0.3 is 39.7 Å². The lowest BCUT2D eigenvalue weighted by molar-refractivity contribution is -0.148. The number of esters is 1. The first-order valence-corrected chi connectivity index (χ1v) is 8.86. The van der Waals surface area contributed by atoms with Crippen molar-refractivity contribution in [1.82, 2.24) is 0 Å². The summed E-state index contributed by atoms with van der Waals surface area (Å²) >= 11 is 0. The van der Waals surface area contributed by atoms with Crippen molar-refractivity contribution in [3.05, 3.63) is 12.2 Å². The summed E-state index contributed by atoms with van der Waals surface area (Å²) in [5.74, 6) is -0.594. The second-order valence-corrected chi connectivity index (χ2v) is 6.96. The summed E-state index contributed by atoms with van der Waals surface area (Å²) in [6, 6.07) is 0. The van der Waals surface area contributed by atoms with E-state index in [1.165, 1.54) is 6.92 Å². The zero-order valence-electron chi connectivity index (χ0n) is 16.1. The highest BCUT2D eigenvalue weighted by Crippen LogP contribution is 2.18. The Balaban J connectivity index is 4.05. The van der Waals surface area contributed by atoms with Crippen LogP contribution in [-0.2, 0) is 19.0 Å². The number of aliphatic hydroxyl groups is 5. The molecule has 0 atom stereocenters. The van der Waals surface area contributed by atoms with Crippen molar-refractivity contribution in [2.75, 3.05) is 66.1 Å². The van der Waals surface area contributed by atoms with E-state index in [4.69, 9.17) is 14.2 Å². The number of hydrogen-bond acceptors (Lipinski definition) is 9. The van der Waals surface area contributed by atoms with Crippen LogP contribution in [-0.4, -0.2) is 97.6 Å². The predicted molar refractivity (Wildman–Crippen MR) is 96.9 cm³/mol. The maximum absolute atomic E-state index is 11.4. The van der Waals surface area contributed by atoms with Gasteiger partial charge in [0.05, 0.1) is 57.1 Å². The molecular weight excluding hydrogens is 360 g/mol. The van der Waals surface area contributed by atoms with Crippen molar-refractivity contribution >= 4 is 5.97 Å². The van der Waals surface area contributed by atoms with Crippen LogP contribution in [0.15, 0.2) is 12.2 Å². The topological polar surface area (TPSA) is 146 Å². The normalized spacial score (nSPS) is 12.2. The summed E-state index contributed by atoms with van der Waals surface area (Å²) in [5, 5.41) is 46.6. The zero-order valence-corrected chi connectivity index (χ0v) is 16.1. The second-order valence-electron chi connectivity index (χ2n) is 6.96. The van der Waals surface area contributed by atoms with Crippen molar-refractivity contribution in [3.8, 4) is 0 Å². The summed E-state index contributed by atoms with van der Waals surface area (Å²) in [6.45, 7) is 3.66. The molecule has 0 saturated heterocycles. The number of aliphatic hydroxyl groups excluding tert-OH is 5. The minimum Gasteiger partial charge on any atom is -0.461 e. The van der Waals surface area contributed by atoms with E-state index in [0.29, 0.717) is 26.1 Å². The molecule has 9 nitrogen and oxygen atoms in total. The summed E-state index contributed by atoms with van der Waals surface area (Å²) < 4.78 is 15.8. The van der Waals surface area contributed by atoms with E-state index >= 15 is 0 Å². The molecule has 0 aliphatic rings. The predicted octanol–water partition coefficient (Wildman–Crippen LogP) is -1.15. The van der Waals surface area contributed by atoms with Gasteiger partial charge >= 0.3 is 5.97 Å². The maximum Gasteiger partial charge on any atom is 0.333 e. The average molecular weight is 394 g/mol. The number of rotatable bonds is 17. The first kappa shape index (κ1) is 25.9. The van der Waals surface area contributed by atoms with Gasteiger partial charge in [-0.3, -0.25) is 0 Å².